The number of thiophene rings is 2. The van der Waals surface area contributed by atoms with Gasteiger partial charge in [0.25, 0.3) is 0 Å². The first-order chi connectivity index (χ1) is 14.7. The fourth-order valence-corrected chi connectivity index (χ4v) is 6.19. The first-order valence-corrected chi connectivity index (χ1v) is 11.4. The molecule has 0 radical (unpaired) electrons. The maximum absolute atomic E-state index is 5.76. The minimum Gasteiger partial charge on any atom is -0.399 e. The SMILES string of the molecule is Cc1cc2ccc3c4ccc5cc(C#Cc6ccc(N)cc6)sc5c4ccc3c2s1. The highest BCUT2D eigenvalue weighted by atomic mass is 32.1. The van der Waals surface area contributed by atoms with Crippen LogP contribution in [0.1, 0.15) is 15.3 Å². The molecule has 1 nitrogen and oxygen atoms in total. The number of benzene rings is 4. The molecule has 0 saturated carbocycles. The van der Waals surface area contributed by atoms with E-state index in [4.69, 9.17) is 5.73 Å². The Morgan fingerprint density at radius 3 is 1.93 bits per heavy atom. The summed E-state index contributed by atoms with van der Waals surface area (Å²) in [4.78, 5) is 2.44. The van der Waals surface area contributed by atoms with Gasteiger partial charge in [0.2, 0.25) is 0 Å². The molecule has 6 aromatic rings. The second kappa shape index (κ2) is 6.60. The minimum atomic E-state index is 0.760. The quantitative estimate of drug-likeness (QED) is 0.152. The Bertz CT molecular complexity index is 1650. The van der Waals surface area contributed by atoms with E-state index in [2.05, 4.69) is 67.3 Å². The normalized spacial score (nSPS) is 11.4. The molecule has 0 fully saturated rings. The van der Waals surface area contributed by atoms with Crippen LogP contribution >= 0.6 is 22.7 Å². The summed E-state index contributed by atoms with van der Waals surface area (Å²) < 4.78 is 2.69. The summed E-state index contributed by atoms with van der Waals surface area (Å²) in [7, 11) is 0. The third kappa shape index (κ3) is 2.77. The van der Waals surface area contributed by atoms with Crippen LogP contribution in [0.3, 0.4) is 0 Å². The van der Waals surface area contributed by atoms with Gasteiger partial charge in [-0.1, -0.05) is 48.2 Å². The van der Waals surface area contributed by atoms with E-state index >= 15 is 0 Å². The molecule has 0 atom stereocenters. The average molecular weight is 420 g/mol. The molecule has 2 heterocycles. The van der Waals surface area contributed by atoms with E-state index < -0.39 is 0 Å². The van der Waals surface area contributed by atoms with Crippen molar-refractivity contribution in [2.24, 2.45) is 0 Å². The van der Waals surface area contributed by atoms with Gasteiger partial charge in [-0.3, -0.25) is 0 Å². The monoisotopic (exact) mass is 419 g/mol. The van der Waals surface area contributed by atoms with Crippen molar-refractivity contribution >= 4 is 70.1 Å². The van der Waals surface area contributed by atoms with Crippen molar-refractivity contribution in [2.45, 2.75) is 6.92 Å². The van der Waals surface area contributed by atoms with Crippen molar-refractivity contribution in [3.63, 3.8) is 0 Å². The number of hydrogen-bond donors (Lipinski definition) is 1. The summed E-state index contributed by atoms with van der Waals surface area (Å²) in [5.41, 5.74) is 7.50. The molecule has 142 valence electrons. The summed E-state index contributed by atoms with van der Waals surface area (Å²) in [6.07, 6.45) is 0. The van der Waals surface area contributed by atoms with Crippen molar-refractivity contribution in [1.82, 2.24) is 0 Å². The molecule has 0 amide bonds. The van der Waals surface area contributed by atoms with E-state index in [1.165, 1.54) is 46.6 Å². The van der Waals surface area contributed by atoms with Gasteiger partial charge < -0.3 is 5.73 Å². The molecule has 0 spiro atoms. The molecule has 2 aromatic heterocycles. The molecule has 0 aliphatic carbocycles. The molecular formula is C27H17NS2. The smallest absolute Gasteiger partial charge is 0.0785 e. The maximum atomic E-state index is 5.76. The van der Waals surface area contributed by atoms with Gasteiger partial charge >= 0.3 is 0 Å². The lowest BCUT2D eigenvalue weighted by molar-refractivity contribution is 1.63. The van der Waals surface area contributed by atoms with Crippen LogP contribution in [0.5, 0.6) is 0 Å². The van der Waals surface area contributed by atoms with Crippen LogP contribution in [0.25, 0.3) is 41.7 Å². The van der Waals surface area contributed by atoms with Gasteiger partial charge in [-0.15, -0.1) is 22.7 Å². The molecule has 6 rings (SSSR count). The first-order valence-electron chi connectivity index (χ1n) is 9.81. The summed E-state index contributed by atoms with van der Waals surface area (Å²) in [6.45, 7) is 2.18. The summed E-state index contributed by atoms with van der Waals surface area (Å²) in [5.74, 6) is 6.58. The molecule has 30 heavy (non-hydrogen) atoms. The average Bonchev–Trinajstić information content (AvgIpc) is 3.35. The van der Waals surface area contributed by atoms with Crippen LogP contribution in [0, 0.1) is 18.8 Å². The van der Waals surface area contributed by atoms with Crippen molar-refractivity contribution in [2.75, 3.05) is 5.73 Å². The summed E-state index contributed by atoms with van der Waals surface area (Å²) in [5, 5.41) is 7.87. The van der Waals surface area contributed by atoms with E-state index in [1.54, 1.807) is 11.3 Å². The second-order valence-electron chi connectivity index (χ2n) is 7.56. The van der Waals surface area contributed by atoms with Gasteiger partial charge in [0.05, 0.1) is 4.88 Å². The van der Waals surface area contributed by atoms with Gasteiger partial charge in [0.1, 0.15) is 0 Å². The standard InChI is InChI=1S/C27H17NS2/c1-16-14-18-5-10-22-23-11-6-19-15-21(9-4-17-2-7-20(28)8-3-17)30-27(19)25(23)13-12-24(22)26(18)29-16/h2-3,5-8,10-15H,28H2,1H3. The Kier molecular flexibility index (Phi) is 3.86. The molecule has 2 N–H and O–H groups in total. The van der Waals surface area contributed by atoms with E-state index in [-0.39, 0.29) is 0 Å². The number of anilines is 1. The van der Waals surface area contributed by atoms with Crippen LogP contribution in [-0.4, -0.2) is 0 Å². The number of aryl methyl sites for hydroxylation is 1. The predicted octanol–water partition coefficient (Wildman–Crippen LogP) is 7.71. The highest BCUT2D eigenvalue weighted by molar-refractivity contribution is 7.20. The lowest BCUT2D eigenvalue weighted by Crippen LogP contribution is -1.82. The van der Waals surface area contributed by atoms with Crippen LogP contribution in [0.15, 0.2) is 72.8 Å². The van der Waals surface area contributed by atoms with Gasteiger partial charge in [-0.25, -0.2) is 0 Å². The van der Waals surface area contributed by atoms with Crippen molar-refractivity contribution in [3.05, 3.63) is 88.1 Å². The largest absolute Gasteiger partial charge is 0.399 e. The maximum Gasteiger partial charge on any atom is 0.0785 e. The number of fused-ring (bicyclic) bond motifs is 7. The molecule has 3 heteroatoms. The van der Waals surface area contributed by atoms with E-state index in [0.29, 0.717) is 0 Å². The summed E-state index contributed by atoms with van der Waals surface area (Å²) in [6, 6.07) is 25.8. The first kappa shape index (κ1) is 17.5. The van der Waals surface area contributed by atoms with Gasteiger partial charge in [0.15, 0.2) is 0 Å². The predicted molar refractivity (Wildman–Crippen MR) is 134 cm³/mol. The van der Waals surface area contributed by atoms with E-state index in [9.17, 15) is 0 Å². The fraction of sp³-hybridized carbons (Fsp3) is 0.0370. The highest BCUT2D eigenvalue weighted by Crippen LogP contribution is 2.39. The number of nitrogens with two attached hydrogens (primary N) is 1. The van der Waals surface area contributed by atoms with Crippen molar-refractivity contribution < 1.29 is 0 Å². The molecule has 4 aromatic carbocycles. The van der Waals surface area contributed by atoms with Gasteiger partial charge in [-0.05, 0) is 64.9 Å². The second-order valence-corrected chi connectivity index (χ2v) is 9.87. The van der Waals surface area contributed by atoms with Crippen LogP contribution in [0.4, 0.5) is 5.69 Å². The Morgan fingerprint density at radius 1 is 0.633 bits per heavy atom. The molecule has 0 aliphatic rings. The highest BCUT2D eigenvalue weighted by Gasteiger charge is 2.10. The van der Waals surface area contributed by atoms with E-state index in [0.717, 1.165) is 16.1 Å². The minimum absolute atomic E-state index is 0.760. The Labute approximate surface area is 182 Å². The lowest BCUT2D eigenvalue weighted by Gasteiger charge is -2.06. The fourth-order valence-electron chi connectivity index (χ4n) is 4.11. The van der Waals surface area contributed by atoms with Crippen LogP contribution in [0.2, 0.25) is 0 Å². The van der Waals surface area contributed by atoms with Crippen molar-refractivity contribution in [3.8, 4) is 11.8 Å². The number of nitrogen functional groups attached to an aromatic ring is 1. The zero-order valence-corrected chi connectivity index (χ0v) is 18.0. The Morgan fingerprint density at radius 2 is 1.23 bits per heavy atom. The molecular weight excluding hydrogens is 402 g/mol. The Balaban J connectivity index is 1.54. The Hall–Kier alpha value is -3.32. The number of hydrogen-bond acceptors (Lipinski definition) is 3. The topological polar surface area (TPSA) is 26.0 Å². The van der Waals surface area contributed by atoms with Crippen molar-refractivity contribution in [1.29, 1.82) is 0 Å². The third-order valence-corrected chi connectivity index (χ3v) is 7.72. The molecule has 0 aliphatic heterocycles. The van der Waals surface area contributed by atoms with Gasteiger partial charge in [-0.2, -0.15) is 0 Å². The molecule has 0 bridgehead atoms. The van der Waals surface area contributed by atoms with Crippen LogP contribution in [-0.2, 0) is 0 Å². The molecule has 0 unspecified atom stereocenters. The summed E-state index contributed by atoms with van der Waals surface area (Å²) >= 11 is 3.65. The van der Waals surface area contributed by atoms with E-state index in [1.807, 2.05) is 35.6 Å². The number of rotatable bonds is 0. The zero-order valence-electron chi connectivity index (χ0n) is 16.3. The molecule has 0 saturated heterocycles. The van der Waals surface area contributed by atoms with Gasteiger partial charge in [0, 0.05) is 36.3 Å². The van der Waals surface area contributed by atoms with Crippen LogP contribution < -0.4 is 5.73 Å². The third-order valence-electron chi connectivity index (χ3n) is 5.52. The zero-order chi connectivity index (χ0) is 20.2. The lowest BCUT2D eigenvalue weighted by atomic mass is 10.00.